The van der Waals surface area contributed by atoms with Crippen LogP contribution in [0.15, 0.2) is 12.1 Å². The molecule has 2 amide bonds. The highest BCUT2D eigenvalue weighted by Crippen LogP contribution is 2.19. The quantitative estimate of drug-likeness (QED) is 0.797. The first-order valence-corrected chi connectivity index (χ1v) is 6.34. The molecule has 0 saturated carbocycles. The molecule has 0 bridgehead atoms. The van der Waals surface area contributed by atoms with E-state index in [2.05, 4.69) is 0 Å². The molecule has 1 atom stereocenters. The fraction of sp³-hybridized carbons (Fsp3) is 0.364. The highest BCUT2D eigenvalue weighted by molar-refractivity contribution is 7.15. The molecule has 3 N–H and O–H groups in total. The molecule has 0 spiro atoms. The molecule has 102 valence electrons. The van der Waals surface area contributed by atoms with E-state index in [1.165, 1.54) is 17.0 Å². The number of aromatic carboxylic acids is 1. The summed E-state index contributed by atoms with van der Waals surface area (Å²) in [5.74, 6) is -2.00. The van der Waals surface area contributed by atoms with E-state index in [9.17, 15) is 14.4 Å². The van der Waals surface area contributed by atoms with E-state index < -0.39 is 18.0 Å². The predicted octanol–water partition coefficient (Wildman–Crippen LogP) is -0.227. The first-order chi connectivity index (χ1) is 8.99. The van der Waals surface area contributed by atoms with Crippen LogP contribution in [0.5, 0.6) is 0 Å². The number of carbonyl (C=O) groups excluding carboxylic acids is 2. The molecule has 19 heavy (non-hydrogen) atoms. The van der Waals surface area contributed by atoms with Crippen molar-refractivity contribution in [2.75, 3.05) is 19.7 Å². The summed E-state index contributed by atoms with van der Waals surface area (Å²) >= 11 is 0.905. The number of amides is 2. The van der Waals surface area contributed by atoms with Gasteiger partial charge in [-0.2, -0.15) is 0 Å². The maximum absolute atomic E-state index is 12.1. The molecule has 1 unspecified atom stereocenters. The molecule has 8 heteroatoms. The van der Waals surface area contributed by atoms with Crippen LogP contribution in [-0.4, -0.2) is 53.6 Å². The molecule has 0 aliphatic carbocycles. The average molecular weight is 284 g/mol. The standard InChI is InChI=1S/C11H12N2O5S/c12-9(14)6-5-13(3-4-18-6)10(15)7-1-2-8(19-7)11(16)17/h1-2,6H,3-5H2,(H2,12,14)(H,16,17). The lowest BCUT2D eigenvalue weighted by Gasteiger charge is -2.31. The zero-order valence-electron chi connectivity index (χ0n) is 9.87. The predicted molar refractivity (Wildman–Crippen MR) is 66.1 cm³/mol. The van der Waals surface area contributed by atoms with Crippen molar-refractivity contribution in [3.8, 4) is 0 Å². The van der Waals surface area contributed by atoms with Crippen molar-refractivity contribution in [1.82, 2.24) is 4.90 Å². The minimum Gasteiger partial charge on any atom is -0.477 e. The number of nitrogens with zero attached hydrogens (tertiary/aromatic N) is 1. The zero-order valence-corrected chi connectivity index (χ0v) is 10.7. The van der Waals surface area contributed by atoms with E-state index >= 15 is 0 Å². The topological polar surface area (TPSA) is 110 Å². The number of ether oxygens (including phenoxy) is 1. The number of thiophene rings is 1. The molecule has 1 saturated heterocycles. The summed E-state index contributed by atoms with van der Waals surface area (Å²) in [7, 11) is 0. The third-order valence-electron chi connectivity index (χ3n) is 2.70. The van der Waals surface area contributed by atoms with Crippen LogP contribution in [0.1, 0.15) is 19.3 Å². The minimum atomic E-state index is -1.07. The van der Waals surface area contributed by atoms with E-state index in [1.807, 2.05) is 0 Å². The Morgan fingerprint density at radius 2 is 2.05 bits per heavy atom. The lowest BCUT2D eigenvalue weighted by Crippen LogP contribution is -2.50. The van der Waals surface area contributed by atoms with Crippen LogP contribution in [0.25, 0.3) is 0 Å². The number of hydrogen-bond donors (Lipinski definition) is 2. The van der Waals surface area contributed by atoms with Gasteiger partial charge >= 0.3 is 5.97 Å². The van der Waals surface area contributed by atoms with Gasteiger partial charge < -0.3 is 20.5 Å². The third-order valence-corrected chi connectivity index (χ3v) is 3.76. The van der Waals surface area contributed by atoms with E-state index in [0.29, 0.717) is 11.4 Å². The Labute approximate surface area is 112 Å². The number of morpholine rings is 1. The number of carboxylic acids is 1. The van der Waals surface area contributed by atoms with E-state index in [1.54, 1.807) is 0 Å². The van der Waals surface area contributed by atoms with Crippen molar-refractivity contribution in [3.63, 3.8) is 0 Å². The Hall–Kier alpha value is -1.93. The Morgan fingerprint density at radius 1 is 1.37 bits per heavy atom. The summed E-state index contributed by atoms with van der Waals surface area (Å²) in [4.78, 5) is 35.8. The highest BCUT2D eigenvalue weighted by atomic mass is 32.1. The molecule has 2 rings (SSSR count). The van der Waals surface area contributed by atoms with Crippen molar-refractivity contribution < 1.29 is 24.2 Å². The van der Waals surface area contributed by atoms with Gasteiger partial charge in [-0.1, -0.05) is 0 Å². The molecule has 0 radical (unpaired) electrons. The smallest absolute Gasteiger partial charge is 0.345 e. The number of carbonyl (C=O) groups is 3. The van der Waals surface area contributed by atoms with E-state index in [-0.39, 0.29) is 23.9 Å². The molecule has 2 heterocycles. The van der Waals surface area contributed by atoms with Gasteiger partial charge in [0, 0.05) is 6.54 Å². The van der Waals surface area contributed by atoms with E-state index in [4.69, 9.17) is 15.6 Å². The largest absolute Gasteiger partial charge is 0.477 e. The summed E-state index contributed by atoms with van der Waals surface area (Å²) in [5.41, 5.74) is 5.14. The van der Waals surface area contributed by atoms with Crippen molar-refractivity contribution in [2.45, 2.75) is 6.10 Å². The monoisotopic (exact) mass is 284 g/mol. The van der Waals surface area contributed by atoms with Gasteiger partial charge in [0.25, 0.3) is 5.91 Å². The van der Waals surface area contributed by atoms with Gasteiger partial charge in [0.15, 0.2) is 6.10 Å². The van der Waals surface area contributed by atoms with Gasteiger partial charge in [-0.15, -0.1) is 11.3 Å². The van der Waals surface area contributed by atoms with Crippen molar-refractivity contribution in [3.05, 3.63) is 21.9 Å². The summed E-state index contributed by atoms with van der Waals surface area (Å²) in [6.07, 6.45) is -0.809. The maximum Gasteiger partial charge on any atom is 0.345 e. The van der Waals surface area contributed by atoms with Crippen molar-refractivity contribution in [1.29, 1.82) is 0 Å². The molecular weight excluding hydrogens is 272 g/mol. The van der Waals surface area contributed by atoms with Crippen molar-refractivity contribution in [2.24, 2.45) is 5.73 Å². The summed E-state index contributed by atoms with van der Waals surface area (Å²) < 4.78 is 5.14. The summed E-state index contributed by atoms with van der Waals surface area (Å²) in [6.45, 7) is 0.675. The molecular formula is C11H12N2O5S. The molecule has 1 fully saturated rings. The van der Waals surface area contributed by atoms with Gasteiger partial charge in [0.2, 0.25) is 5.91 Å². The van der Waals surface area contributed by atoms with Crippen molar-refractivity contribution >= 4 is 29.1 Å². The minimum absolute atomic E-state index is 0.0917. The second kappa shape index (κ2) is 5.37. The molecule has 1 aromatic rings. The number of nitrogens with two attached hydrogens (primary N) is 1. The Morgan fingerprint density at radius 3 is 2.63 bits per heavy atom. The fourth-order valence-electron chi connectivity index (χ4n) is 1.73. The molecule has 0 aromatic carbocycles. The van der Waals surface area contributed by atoms with Crippen LogP contribution < -0.4 is 5.73 Å². The molecule has 1 aromatic heterocycles. The number of rotatable bonds is 3. The highest BCUT2D eigenvalue weighted by Gasteiger charge is 2.29. The van der Waals surface area contributed by atoms with Crippen LogP contribution in [0.2, 0.25) is 0 Å². The Kier molecular flexibility index (Phi) is 3.82. The average Bonchev–Trinajstić information content (AvgIpc) is 2.87. The van der Waals surface area contributed by atoms with Crippen LogP contribution in [0, 0.1) is 0 Å². The van der Waals surface area contributed by atoms with Gasteiger partial charge in [-0.3, -0.25) is 9.59 Å². The molecule has 7 nitrogen and oxygen atoms in total. The van der Waals surface area contributed by atoms with Gasteiger partial charge in [-0.05, 0) is 12.1 Å². The van der Waals surface area contributed by atoms with Gasteiger partial charge in [0.05, 0.1) is 18.0 Å². The number of primary amides is 1. The first kappa shape index (κ1) is 13.5. The second-order valence-corrected chi connectivity index (χ2v) is 5.07. The maximum atomic E-state index is 12.1. The van der Waals surface area contributed by atoms with Gasteiger partial charge in [0.1, 0.15) is 4.88 Å². The lowest BCUT2D eigenvalue weighted by molar-refractivity contribution is -0.133. The Bertz CT molecular complexity index is 527. The summed E-state index contributed by atoms with van der Waals surface area (Å²) in [5, 5.41) is 8.81. The third kappa shape index (κ3) is 2.91. The normalized spacial score (nSPS) is 19.2. The van der Waals surface area contributed by atoms with Crippen LogP contribution >= 0.6 is 11.3 Å². The lowest BCUT2D eigenvalue weighted by atomic mass is 10.2. The second-order valence-electron chi connectivity index (χ2n) is 3.98. The van der Waals surface area contributed by atoms with Crippen LogP contribution in [0.3, 0.4) is 0 Å². The van der Waals surface area contributed by atoms with Crippen LogP contribution in [-0.2, 0) is 9.53 Å². The fourth-order valence-corrected chi connectivity index (χ4v) is 2.54. The number of carboxylic acid groups (broad SMARTS) is 1. The number of hydrogen-bond acceptors (Lipinski definition) is 5. The van der Waals surface area contributed by atoms with Crippen LogP contribution in [0.4, 0.5) is 0 Å². The molecule has 1 aliphatic rings. The Balaban J connectivity index is 2.10. The van der Waals surface area contributed by atoms with E-state index in [0.717, 1.165) is 11.3 Å². The van der Waals surface area contributed by atoms with Gasteiger partial charge in [-0.25, -0.2) is 4.79 Å². The summed E-state index contributed by atoms with van der Waals surface area (Å²) in [6, 6.07) is 2.84. The SMILES string of the molecule is NC(=O)C1CN(C(=O)c2ccc(C(=O)O)s2)CCO1. The first-order valence-electron chi connectivity index (χ1n) is 5.52. The molecule has 1 aliphatic heterocycles. The zero-order chi connectivity index (χ0) is 14.0.